The molecule has 1 heterocycles. The Kier molecular flexibility index (Phi) is 3.98. The highest BCUT2D eigenvalue weighted by molar-refractivity contribution is 5.93. The second-order valence-electron chi connectivity index (χ2n) is 4.22. The maximum Gasteiger partial charge on any atom is 0.335 e. The molecule has 0 aliphatic carbocycles. The third-order valence-electron chi connectivity index (χ3n) is 2.58. The Morgan fingerprint density at radius 1 is 1.10 bits per heavy atom. The van der Waals surface area contributed by atoms with Crippen LogP contribution >= 0.6 is 0 Å². The molecule has 0 saturated heterocycles. The summed E-state index contributed by atoms with van der Waals surface area (Å²) in [6.07, 6.45) is -0.181. The van der Waals surface area contributed by atoms with Gasteiger partial charge in [0.1, 0.15) is 0 Å². The molecule has 0 saturated carbocycles. The number of carboxylic acids is 1. The molecule has 0 aliphatic heterocycles. The minimum atomic E-state index is -1.06. The molecule has 0 aliphatic rings. The van der Waals surface area contributed by atoms with Crippen molar-refractivity contribution in [3.63, 3.8) is 0 Å². The number of aromatic carboxylic acids is 1. The van der Waals surface area contributed by atoms with Gasteiger partial charge in [0.05, 0.1) is 12.0 Å². The van der Waals surface area contributed by atoms with Crippen LogP contribution in [0.5, 0.6) is 0 Å². The first-order valence-electron chi connectivity index (χ1n) is 5.90. The van der Waals surface area contributed by atoms with E-state index in [1.54, 1.807) is 0 Å². The molecule has 0 atom stereocenters. The summed E-state index contributed by atoms with van der Waals surface area (Å²) < 4.78 is 0. The number of H-pyrrole nitrogens is 2. The molecule has 0 bridgehead atoms. The van der Waals surface area contributed by atoms with Gasteiger partial charge in [0, 0.05) is 17.4 Å². The summed E-state index contributed by atoms with van der Waals surface area (Å²) in [5.74, 6) is -1.51. The monoisotopic (exact) mass is 289 g/mol. The van der Waals surface area contributed by atoms with Crippen LogP contribution in [-0.2, 0) is 11.2 Å². The molecule has 2 rings (SSSR count). The van der Waals surface area contributed by atoms with Crippen LogP contribution in [-0.4, -0.2) is 27.0 Å². The average molecular weight is 289 g/mol. The zero-order chi connectivity index (χ0) is 15.4. The van der Waals surface area contributed by atoms with E-state index in [0.717, 1.165) is 6.07 Å². The number of rotatable bonds is 4. The first-order valence-corrected chi connectivity index (χ1v) is 5.90. The van der Waals surface area contributed by atoms with E-state index in [0.29, 0.717) is 5.69 Å². The first kappa shape index (κ1) is 14.3. The molecule has 0 unspecified atom stereocenters. The normalized spacial score (nSPS) is 10.1. The van der Waals surface area contributed by atoms with Crippen molar-refractivity contribution in [2.24, 2.45) is 0 Å². The molecule has 8 nitrogen and oxygen atoms in total. The lowest BCUT2D eigenvalue weighted by atomic mass is 10.2. The lowest BCUT2D eigenvalue weighted by Crippen LogP contribution is -2.25. The Balaban J connectivity index is 2.06. The fourth-order valence-corrected chi connectivity index (χ4v) is 1.69. The SMILES string of the molecule is O=C(Cc1cc(=O)[nH]c(=O)[nH]1)Nc1ccc(C(=O)O)cc1. The average Bonchev–Trinajstić information content (AvgIpc) is 2.37. The van der Waals surface area contributed by atoms with Crippen molar-refractivity contribution in [1.82, 2.24) is 9.97 Å². The fourth-order valence-electron chi connectivity index (χ4n) is 1.69. The summed E-state index contributed by atoms with van der Waals surface area (Å²) >= 11 is 0. The van der Waals surface area contributed by atoms with Crippen LogP contribution in [0.4, 0.5) is 5.69 Å². The Morgan fingerprint density at radius 3 is 2.33 bits per heavy atom. The minimum Gasteiger partial charge on any atom is -0.478 e. The van der Waals surface area contributed by atoms with E-state index < -0.39 is 23.1 Å². The molecular formula is C13H11N3O5. The van der Waals surface area contributed by atoms with Crippen LogP contribution in [0.1, 0.15) is 16.1 Å². The van der Waals surface area contributed by atoms with E-state index in [9.17, 15) is 19.2 Å². The number of aromatic nitrogens is 2. The Morgan fingerprint density at radius 2 is 1.76 bits per heavy atom. The number of anilines is 1. The second kappa shape index (κ2) is 5.87. The molecule has 1 aromatic heterocycles. The molecule has 0 fully saturated rings. The fraction of sp³-hybridized carbons (Fsp3) is 0.0769. The van der Waals surface area contributed by atoms with Gasteiger partial charge in [-0.15, -0.1) is 0 Å². The Hall–Kier alpha value is -3.16. The number of carbonyl (C=O) groups is 2. The summed E-state index contributed by atoms with van der Waals surface area (Å²) in [4.78, 5) is 48.9. The summed E-state index contributed by atoms with van der Waals surface area (Å²) in [6, 6.07) is 6.72. The number of hydrogen-bond acceptors (Lipinski definition) is 4. The molecule has 21 heavy (non-hydrogen) atoms. The van der Waals surface area contributed by atoms with Crippen LogP contribution in [0.15, 0.2) is 39.9 Å². The molecule has 1 aromatic carbocycles. The molecule has 108 valence electrons. The number of nitrogens with one attached hydrogen (secondary N) is 3. The maximum absolute atomic E-state index is 11.8. The Bertz CT molecular complexity index is 760. The van der Waals surface area contributed by atoms with Gasteiger partial charge in [-0.05, 0) is 24.3 Å². The molecule has 0 spiro atoms. The number of amides is 1. The summed E-state index contributed by atoms with van der Waals surface area (Å²) in [6.45, 7) is 0. The van der Waals surface area contributed by atoms with Crippen LogP contribution in [0.25, 0.3) is 0 Å². The lowest BCUT2D eigenvalue weighted by Gasteiger charge is -2.05. The predicted molar refractivity (Wildman–Crippen MR) is 73.4 cm³/mol. The van der Waals surface area contributed by atoms with Gasteiger partial charge in [0.2, 0.25) is 5.91 Å². The van der Waals surface area contributed by atoms with E-state index in [1.165, 1.54) is 24.3 Å². The molecule has 1 amide bonds. The van der Waals surface area contributed by atoms with Gasteiger partial charge in [-0.1, -0.05) is 0 Å². The number of carbonyl (C=O) groups excluding carboxylic acids is 1. The van der Waals surface area contributed by atoms with Gasteiger partial charge in [-0.2, -0.15) is 0 Å². The summed E-state index contributed by atoms with van der Waals surface area (Å²) in [5.41, 5.74) is -0.573. The van der Waals surface area contributed by atoms with E-state index >= 15 is 0 Å². The van der Waals surface area contributed by atoms with E-state index in [1.807, 2.05) is 4.98 Å². The number of benzene rings is 1. The van der Waals surface area contributed by atoms with Crippen molar-refractivity contribution in [1.29, 1.82) is 0 Å². The maximum atomic E-state index is 11.8. The van der Waals surface area contributed by atoms with Crippen LogP contribution in [0.2, 0.25) is 0 Å². The molecule has 4 N–H and O–H groups in total. The van der Waals surface area contributed by atoms with E-state index in [-0.39, 0.29) is 17.7 Å². The molecule has 0 radical (unpaired) electrons. The first-order chi connectivity index (χ1) is 9.94. The van der Waals surface area contributed by atoms with Crippen molar-refractivity contribution in [2.75, 3.05) is 5.32 Å². The smallest absolute Gasteiger partial charge is 0.335 e. The van der Waals surface area contributed by atoms with Crippen LogP contribution in [0.3, 0.4) is 0 Å². The zero-order valence-electron chi connectivity index (χ0n) is 10.7. The van der Waals surface area contributed by atoms with Gasteiger partial charge in [0.15, 0.2) is 0 Å². The summed E-state index contributed by atoms with van der Waals surface area (Å²) in [7, 11) is 0. The zero-order valence-corrected chi connectivity index (χ0v) is 10.7. The summed E-state index contributed by atoms with van der Waals surface area (Å²) in [5, 5.41) is 11.3. The van der Waals surface area contributed by atoms with Gasteiger partial charge >= 0.3 is 11.7 Å². The highest BCUT2D eigenvalue weighted by Gasteiger charge is 2.07. The number of carboxylic acid groups (broad SMARTS) is 1. The second-order valence-corrected chi connectivity index (χ2v) is 4.22. The van der Waals surface area contributed by atoms with Gasteiger partial charge < -0.3 is 15.4 Å². The predicted octanol–water partition coefficient (Wildman–Crippen LogP) is -0.0574. The molecular weight excluding hydrogens is 278 g/mol. The van der Waals surface area contributed by atoms with Gasteiger partial charge in [0.25, 0.3) is 5.56 Å². The lowest BCUT2D eigenvalue weighted by molar-refractivity contribution is -0.115. The quantitative estimate of drug-likeness (QED) is 0.626. The van der Waals surface area contributed by atoms with Gasteiger partial charge in [-0.25, -0.2) is 9.59 Å². The van der Waals surface area contributed by atoms with Crippen LogP contribution < -0.4 is 16.6 Å². The van der Waals surface area contributed by atoms with Crippen molar-refractivity contribution in [3.05, 3.63) is 62.4 Å². The van der Waals surface area contributed by atoms with E-state index in [2.05, 4.69) is 10.3 Å². The number of hydrogen-bond donors (Lipinski definition) is 4. The Labute approximate surface area is 117 Å². The van der Waals surface area contributed by atoms with Crippen LogP contribution in [0, 0.1) is 0 Å². The topological polar surface area (TPSA) is 132 Å². The third kappa shape index (κ3) is 3.90. The highest BCUT2D eigenvalue weighted by Crippen LogP contribution is 2.09. The van der Waals surface area contributed by atoms with E-state index in [4.69, 9.17) is 5.11 Å². The van der Waals surface area contributed by atoms with Crippen molar-refractivity contribution >= 4 is 17.6 Å². The highest BCUT2D eigenvalue weighted by atomic mass is 16.4. The number of aromatic amines is 2. The third-order valence-corrected chi connectivity index (χ3v) is 2.58. The minimum absolute atomic E-state index is 0.104. The van der Waals surface area contributed by atoms with Crippen molar-refractivity contribution in [2.45, 2.75) is 6.42 Å². The van der Waals surface area contributed by atoms with Crippen molar-refractivity contribution < 1.29 is 14.7 Å². The standard InChI is InChI=1S/C13H11N3O5/c17-10(5-9-6-11(18)16-13(21)15-9)14-8-3-1-7(2-4-8)12(19)20/h1-4,6H,5H2,(H,14,17)(H,19,20)(H2,15,16,18,21). The van der Waals surface area contributed by atoms with Gasteiger partial charge in [-0.3, -0.25) is 14.6 Å². The molecule has 8 heteroatoms. The largest absolute Gasteiger partial charge is 0.478 e. The molecule has 2 aromatic rings. The van der Waals surface area contributed by atoms with Crippen molar-refractivity contribution in [3.8, 4) is 0 Å².